The number of hydrogen-bond donors (Lipinski definition) is 2. The third-order valence-electron chi connectivity index (χ3n) is 5.41. The van der Waals surface area contributed by atoms with Crippen LogP contribution in [0.3, 0.4) is 0 Å². The third-order valence-corrected chi connectivity index (χ3v) is 5.41. The summed E-state index contributed by atoms with van der Waals surface area (Å²) in [5.41, 5.74) is 1.12. The van der Waals surface area contributed by atoms with Crippen molar-refractivity contribution >= 4 is 16.7 Å². The van der Waals surface area contributed by atoms with E-state index in [1.165, 1.54) is 11.9 Å². The molecule has 1 aromatic heterocycles. The number of carbonyl (C=O) groups excluding carboxylic acids is 1. The molecule has 0 spiro atoms. The van der Waals surface area contributed by atoms with E-state index in [1.54, 1.807) is 0 Å². The fourth-order valence-electron chi connectivity index (χ4n) is 3.86. The molecule has 0 unspecified atom stereocenters. The number of nitrogens with one attached hydrogen (secondary N) is 1. The number of benzene rings is 2. The van der Waals surface area contributed by atoms with Crippen LogP contribution in [0.25, 0.3) is 10.8 Å². The lowest BCUT2D eigenvalue weighted by atomic mass is 9.95. The molecule has 8 heteroatoms. The van der Waals surface area contributed by atoms with Gasteiger partial charge in [-0.05, 0) is 23.1 Å². The van der Waals surface area contributed by atoms with Crippen LogP contribution in [-0.4, -0.2) is 40.7 Å². The van der Waals surface area contributed by atoms with Crippen LogP contribution in [0.5, 0.6) is 0 Å². The summed E-state index contributed by atoms with van der Waals surface area (Å²) in [5.74, 6) is -2.75. The summed E-state index contributed by atoms with van der Waals surface area (Å²) < 4.78 is 33.2. The molecule has 2 atom stereocenters. The number of aromatic amines is 1. The van der Waals surface area contributed by atoms with Crippen molar-refractivity contribution in [2.24, 2.45) is 0 Å². The van der Waals surface area contributed by atoms with Gasteiger partial charge in [-0.2, -0.15) is 0 Å². The zero-order valence-electron chi connectivity index (χ0n) is 16.2. The summed E-state index contributed by atoms with van der Waals surface area (Å²) in [6.45, 7) is 0.165. The van der Waals surface area contributed by atoms with Crippen LogP contribution in [-0.2, 0) is 22.6 Å². The quantitative estimate of drug-likeness (QED) is 0.687. The Hall–Kier alpha value is -3.10. The number of aromatic nitrogens is 1. The minimum Gasteiger partial charge on any atom is -0.383 e. The molecule has 2 aromatic carbocycles. The Balaban J connectivity index is 1.71. The van der Waals surface area contributed by atoms with Crippen molar-refractivity contribution < 1.29 is 23.4 Å². The number of pyridine rings is 1. The van der Waals surface area contributed by atoms with Crippen LogP contribution in [0.2, 0.25) is 0 Å². The van der Waals surface area contributed by atoms with Gasteiger partial charge in [-0.3, -0.25) is 9.59 Å². The van der Waals surface area contributed by atoms with Gasteiger partial charge in [-0.25, -0.2) is 8.78 Å². The number of aliphatic hydroxyl groups excluding tert-OH is 1. The van der Waals surface area contributed by atoms with E-state index in [0.29, 0.717) is 11.3 Å². The van der Waals surface area contributed by atoms with Gasteiger partial charge in [0.1, 0.15) is 6.10 Å². The molecule has 3 aromatic rings. The molecule has 1 aliphatic heterocycles. The lowest BCUT2D eigenvalue weighted by Gasteiger charge is -2.34. The topological polar surface area (TPSA) is 82.6 Å². The second-order valence-corrected chi connectivity index (χ2v) is 7.34. The number of ether oxygens (including phenoxy) is 1. The highest BCUT2D eigenvalue weighted by molar-refractivity contribution is 5.88. The average Bonchev–Trinajstić information content (AvgIpc) is 2.74. The number of rotatable bonds is 4. The molecule has 0 saturated carbocycles. The van der Waals surface area contributed by atoms with Crippen LogP contribution in [0.15, 0.2) is 47.3 Å². The first-order chi connectivity index (χ1) is 14.4. The highest BCUT2D eigenvalue weighted by Gasteiger charge is 2.33. The van der Waals surface area contributed by atoms with Crippen molar-refractivity contribution in [2.75, 3.05) is 13.7 Å². The number of carbonyl (C=O) groups is 1. The van der Waals surface area contributed by atoms with Crippen molar-refractivity contribution in [3.8, 4) is 0 Å². The standard InChI is InChI=1S/C22H20F2N2O4/c1-26(22(29)19(27)7-12-5-3-2-4-6-12)18-11-30-10-17-20(18)13-8-15(23)16(24)9-14(13)21(28)25-17/h2-6,8-9,18-19,27H,7,10-11H2,1H3,(H,25,28)/t18-,19+/m1/s1. The van der Waals surface area contributed by atoms with Crippen LogP contribution in [0.4, 0.5) is 8.78 Å². The predicted octanol–water partition coefficient (Wildman–Crippen LogP) is 2.44. The SMILES string of the molecule is CN(C(=O)[C@@H](O)Cc1ccccc1)[C@@H]1COCc2[nH]c(=O)c3cc(F)c(F)cc3c21. The summed E-state index contributed by atoms with van der Waals surface area (Å²) in [4.78, 5) is 29.2. The van der Waals surface area contributed by atoms with Gasteiger partial charge in [0.05, 0.1) is 24.6 Å². The molecule has 0 aliphatic carbocycles. The van der Waals surface area contributed by atoms with Crippen molar-refractivity contribution in [1.82, 2.24) is 9.88 Å². The Morgan fingerprint density at radius 1 is 1.23 bits per heavy atom. The molecule has 0 bridgehead atoms. The first-order valence-corrected chi connectivity index (χ1v) is 9.47. The number of amides is 1. The van der Waals surface area contributed by atoms with Crippen molar-refractivity contribution in [3.05, 3.63) is 81.3 Å². The second kappa shape index (κ2) is 7.97. The van der Waals surface area contributed by atoms with E-state index in [0.717, 1.165) is 17.7 Å². The smallest absolute Gasteiger partial charge is 0.256 e. The van der Waals surface area contributed by atoms with Gasteiger partial charge >= 0.3 is 0 Å². The van der Waals surface area contributed by atoms with E-state index in [2.05, 4.69) is 4.98 Å². The Morgan fingerprint density at radius 3 is 2.60 bits per heavy atom. The molecule has 0 radical (unpaired) electrons. The van der Waals surface area contributed by atoms with E-state index in [-0.39, 0.29) is 30.4 Å². The molecule has 2 N–H and O–H groups in total. The lowest BCUT2D eigenvalue weighted by molar-refractivity contribution is -0.143. The summed E-state index contributed by atoms with van der Waals surface area (Å²) in [6, 6.07) is 10.2. The van der Waals surface area contributed by atoms with Crippen molar-refractivity contribution in [3.63, 3.8) is 0 Å². The zero-order valence-corrected chi connectivity index (χ0v) is 16.2. The Morgan fingerprint density at radius 2 is 1.90 bits per heavy atom. The average molecular weight is 414 g/mol. The Kier molecular flexibility index (Phi) is 5.36. The summed E-state index contributed by atoms with van der Waals surface area (Å²) in [7, 11) is 1.51. The predicted molar refractivity (Wildman–Crippen MR) is 106 cm³/mol. The van der Waals surface area contributed by atoms with Crippen LogP contribution in [0.1, 0.15) is 22.9 Å². The summed E-state index contributed by atoms with van der Waals surface area (Å²) >= 11 is 0. The molecular weight excluding hydrogens is 394 g/mol. The van der Waals surface area contributed by atoms with Crippen molar-refractivity contribution in [1.29, 1.82) is 0 Å². The first kappa shape index (κ1) is 20.2. The molecule has 1 amide bonds. The first-order valence-electron chi connectivity index (χ1n) is 9.47. The number of H-pyrrole nitrogens is 1. The van der Waals surface area contributed by atoms with E-state index in [4.69, 9.17) is 4.74 Å². The van der Waals surface area contributed by atoms with Gasteiger partial charge in [0, 0.05) is 24.7 Å². The Labute approximate surface area is 170 Å². The fourth-order valence-corrected chi connectivity index (χ4v) is 3.86. The van der Waals surface area contributed by atoms with E-state index in [1.807, 2.05) is 30.3 Å². The summed E-state index contributed by atoms with van der Waals surface area (Å²) in [6.07, 6.45) is -1.15. The third kappa shape index (κ3) is 3.59. The van der Waals surface area contributed by atoms with Crippen LogP contribution in [0, 0.1) is 11.6 Å². The number of nitrogens with zero attached hydrogens (tertiary/aromatic N) is 1. The minimum absolute atomic E-state index is 0.00904. The summed E-state index contributed by atoms with van der Waals surface area (Å²) in [5, 5.41) is 10.7. The number of aliphatic hydroxyl groups is 1. The van der Waals surface area contributed by atoms with Crippen LogP contribution >= 0.6 is 0 Å². The van der Waals surface area contributed by atoms with Gasteiger partial charge < -0.3 is 19.7 Å². The molecule has 1 aliphatic rings. The normalized spacial score (nSPS) is 16.9. The molecule has 6 nitrogen and oxygen atoms in total. The van der Waals surface area contributed by atoms with Gasteiger partial charge in [-0.15, -0.1) is 0 Å². The molecule has 0 saturated heterocycles. The van der Waals surface area contributed by atoms with E-state index in [9.17, 15) is 23.5 Å². The van der Waals surface area contributed by atoms with Gasteiger partial charge in [0.25, 0.3) is 11.5 Å². The fraction of sp³-hybridized carbons (Fsp3) is 0.273. The van der Waals surface area contributed by atoms with Gasteiger partial charge in [0.2, 0.25) is 0 Å². The molecule has 30 heavy (non-hydrogen) atoms. The minimum atomic E-state index is -1.29. The Bertz CT molecular complexity index is 1160. The maximum atomic E-state index is 14.0. The molecule has 2 heterocycles. The second-order valence-electron chi connectivity index (χ2n) is 7.34. The maximum absolute atomic E-state index is 14.0. The zero-order chi connectivity index (χ0) is 21.4. The van der Waals surface area contributed by atoms with Gasteiger partial charge in [-0.1, -0.05) is 30.3 Å². The van der Waals surface area contributed by atoms with Crippen molar-refractivity contribution in [2.45, 2.75) is 25.2 Å². The van der Waals surface area contributed by atoms with Gasteiger partial charge in [0.15, 0.2) is 11.6 Å². The maximum Gasteiger partial charge on any atom is 0.256 e. The molecular formula is C22H20F2N2O4. The number of hydrogen-bond acceptors (Lipinski definition) is 4. The largest absolute Gasteiger partial charge is 0.383 e. The highest BCUT2D eigenvalue weighted by atomic mass is 19.2. The monoisotopic (exact) mass is 414 g/mol. The van der Waals surface area contributed by atoms with E-state index >= 15 is 0 Å². The van der Waals surface area contributed by atoms with Crippen LogP contribution < -0.4 is 5.56 Å². The lowest BCUT2D eigenvalue weighted by Crippen LogP contribution is -2.43. The number of likely N-dealkylation sites (N-methyl/N-ethyl adjacent to an activating group) is 1. The number of fused-ring (bicyclic) bond motifs is 3. The highest BCUT2D eigenvalue weighted by Crippen LogP contribution is 2.34. The van der Waals surface area contributed by atoms with E-state index < -0.39 is 35.2 Å². The molecule has 0 fully saturated rings. The number of halogens is 2. The molecule has 4 rings (SSSR count). The molecule has 156 valence electrons.